The van der Waals surface area contributed by atoms with Gasteiger partial charge in [-0.25, -0.2) is 9.18 Å². The fourth-order valence-corrected chi connectivity index (χ4v) is 2.26. The molecule has 0 radical (unpaired) electrons. The molecule has 1 unspecified atom stereocenters. The number of carboxylic acid groups (broad SMARTS) is 1. The zero-order valence-electron chi connectivity index (χ0n) is 9.79. The molecule has 1 fully saturated rings. The maximum atomic E-state index is 13.7. The van der Waals surface area contributed by atoms with E-state index >= 15 is 0 Å². The Hall–Kier alpha value is -1.42. The van der Waals surface area contributed by atoms with Crippen molar-refractivity contribution in [2.75, 3.05) is 6.54 Å². The van der Waals surface area contributed by atoms with Gasteiger partial charge in [-0.1, -0.05) is 6.42 Å². The lowest BCUT2D eigenvalue weighted by atomic mass is 9.94. The summed E-state index contributed by atoms with van der Waals surface area (Å²) in [7, 11) is 0. The van der Waals surface area contributed by atoms with E-state index in [0.29, 0.717) is 0 Å². The highest BCUT2D eigenvalue weighted by molar-refractivity contribution is 5.89. The van der Waals surface area contributed by atoms with Gasteiger partial charge in [-0.15, -0.1) is 0 Å². The molecule has 0 aromatic heterocycles. The van der Waals surface area contributed by atoms with Gasteiger partial charge < -0.3 is 10.4 Å². The van der Waals surface area contributed by atoms with Crippen molar-refractivity contribution in [3.05, 3.63) is 34.6 Å². The van der Waals surface area contributed by atoms with Gasteiger partial charge in [-0.2, -0.15) is 0 Å². The molecular formula is C13H16FNO2. The second-order valence-corrected chi connectivity index (χ2v) is 4.48. The first-order chi connectivity index (χ1) is 8.09. The normalized spacial score (nSPS) is 20.2. The molecule has 1 aliphatic rings. The van der Waals surface area contributed by atoms with Crippen LogP contribution >= 0.6 is 0 Å². The number of halogens is 1. The highest BCUT2D eigenvalue weighted by atomic mass is 19.1. The minimum atomic E-state index is -1.07. The third-order valence-electron chi connectivity index (χ3n) is 3.31. The van der Waals surface area contributed by atoms with Gasteiger partial charge >= 0.3 is 5.97 Å². The Labute approximate surface area is 99.7 Å². The van der Waals surface area contributed by atoms with Crippen molar-refractivity contribution in [2.45, 2.75) is 32.2 Å². The summed E-state index contributed by atoms with van der Waals surface area (Å²) in [6, 6.07) is 3.12. The molecule has 2 rings (SSSR count). The van der Waals surface area contributed by atoms with E-state index in [4.69, 9.17) is 5.11 Å². The maximum Gasteiger partial charge on any atom is 0.336 e. The van der Waals surface area contributed by atoms with Gasteiger partial charge in [-0.05, 0) is 49.6 Å². The number of nitrogens with one attached hydrogen (secondary N) is 1. The van der Waals surface area contributed by atoms with Crippen molar-refractivity contribution >= 4 is 5.97 Å². The molecule has 1 atom stereocenters. The van der Waals surface area contributed by atoms with Crippen LogP contribution < -0.4 is 5.32 Å². The number of rotatable bonds is 2. The molecule has 0 aliphatic carbocycles. The molecule has 1 aromatic rings. The number of carbonyl (C=O) groups is 1. The third-order valence-corrected chi connectivity index (χ3v) is 3.31. The van der Waals surface area contributed by atoms with E-state index < -0.39 is 11.8 Å². The Morgan fingerprint density at radius 1 is 1.47 bits per heavy atom. The van der Waals surface area contributed by atoms with E-state index in [2.05, 4.69) is 5.32 Å². The van der Waals surface area contributed by atoms with Gasteiger partial charge in [0.05, 0.1) is 5.56 Å². The summed E-state index contributed by atoms with van der Waals surface area (Å²) < 4.78 is 13.7. The molecule has 4 heteroatoms. The lowest BCUT2D eigenvalue weighted by Gasteiger charge is -2.24. The van der Waals surface area contributed by atoms with Crippen LogP contribution in [0.1, 0.15) is 46.8 Å². The fourth-order valence-electron chi connectivity index (χ4n) is 2.26. The topological polar surface area (TPSA) is 49.3 Å². The van der Waals surface area contributed by atoms with E-state index in [-0.39, 0.29) is 17.2 Å². The largest absolute Gasteiger partial charge is 0.478 e. The molecular weight excluding hydrogens is 221 g/mol. The summed E-state index contributed by atoms with van der Waals surface area (Å²) in [5.74, 6) is -1.51. The van der Waals surface area contributed by atoms with Crippen molar-refractivity contribution in [3.63, 3.8) is 0 Å². The van der Waals surface area contributed by atoms with Gasteiger partial charge in [0.15, 0.2) is 0 Å². The lowest BCUT2D eigenvalue weighted by molar-refractivity contribution is 0.0695. The van der Waals surface area contributed by atoms with E-state index in [1.54, 1.807) is 6.07 Å². The summed E-state index contributed by atoms with van der Waals surface area (Å²) in [5.41, 5.74) is 1.01. The Kier molecular flexibility index (Phi) is 3.43. The molecule has 1 heterocycles. The van der Waals surface area contributed by atoms with Crippen molar-refractivity contribution < 1.29 is 14.3 Å². The van der Waals surface area contributed by atoms with Crippen LogP contribution in [-0.2, 0) is 0 Å². The number of piperidine rings is 1. The van der Waals surface area contributed by atoms with Gasteiger partial charge in [-0.3, -0.25) is 0 Å². The van der Waals surface area contributed by atoms with Crippen LogP contribution in [0.3, 0.4) is 0 Å². The van der Waals surface area contributed by atoms with Crippen molar-refractivity contribution in [1.82, 2.24) is 5.32 Å². The quantitative estimate of drug-likeness (QED) is 0.831. The van der Waals surface area contributed by atoms with Crippen molar-refractivity contribution in [2.24, 2.45) is 0 Å². The Balaban J connectivity index is 2.37. The second kappa shape index (κ2) is 4.84. The number of hydrogen-bond donors (Lipinski definition) is 2. The van der Waals surface area contributed by atoms with E-state index in [9.17, 15) is 9.18 Å². The average molecular weight is 237 g/mol. The van der Waals surface area contributed by atoms with Crippen LogP contribution in [0.5, 0.6) is 0 Å². The summed E-state index contributed by atoms with van der Waals surface area (Å²) in [5, 5.41) is 12.3. The van der Waals surface area contributed by atoms with Crippen LogP contribution in [0.2, 0.25) is 0 Å². The van der Waals surface area contributed by atoms with Crippen LogP contribution in [0.15, 0.2) is 12.1 Å². The molecule has 3 nitrogen and oxygen atoms in total. The molecule has 0 bridgehead atoms. The maximum absolute atomic E-state index is 13.7. The van der Waals surface area contributed by atoms with E-state index in [1.165, 1.54) is 13.0 Å². The van der Waals surface area contributed by atoms with Crippen LogP contribution in [0.25, 0.3) is 0 Å². The predicted octanol–water partition coefficient (Wildman–Crippen LogP) is 2.65. The van der Waals surface area contributed by atoms with E-state index in [0.717, 1.165) is 31.4 Å². The van der Waals surface area contributed by atoms with Crippen molar-refractivity contribution in [3.8, 4) is 0 Å². The van der Waals surface area contributed by atoms with Crippen molar-refractivity contribution in [1.29, 1.82) is 0 Å². The molecule has 0 amide bonds. The molecule has 0 spiro atoms. The van der Waals surface area contributed by atoms with E-state index in [1.807, 2.05) is 0 Å². The van der Waals surface area contributed by atoms with Gasteiger partial charge in [0.2, 0.25) is 0 Å². The van der Waals surface area contributed by atoms with Crippen LogP contribution in [0.4, 0.5) is 4.39 Å². The lowest BCUT2D eigenvalue weighted by Crippen LogP contribution is -2.27. The first kappa shape index (κ1) is 12.0. The molecule has 0 saturated carbocycles. The molecule has 1 aromatic carbocycles. The number of hydrogen-bond acceptors (Lipinski definition) is 2. The first-order valence-electron chi connectivity index (χ1n) is 5.86. The molecule has 17 heavy (non-hydrogen) atoms. The SMILES string of the molecule is Cc1c(F)cc(C2CCCCN2)cc1C(=O)O. The number of aromatic carboxylic acids is 1. The van der Waals surface area contributed by atoms with Crippen LogP contribution in [0, 0.1) is 12.7 Å². The zero-order chi connectivity index (χ0) is 12.4. The number of carboxylic acids is 1. The number of benzene rings is 1. The minimum absolute atomic E-state index is 0.0624. The Morgan fingerprint density at radius 2 is 2.24 bits per heavy atom. The molecule has 92 valence electrons. The average Bonchev–Trinajstić information content (AvgIpc) is 2.33. The fraction of sp³-hybridized carbons (Fsp3) is 0.462. The summed E-state index contributed by atoms with van der Waals surface area (Å²) >= 11 is 0. The second-order valence-electron chi connectivity index (χ2n) is 4.48. The van der Waals surface area contributed by atoms with Crippen LogP contribution in [-0.4, -0.2) is 17.6 Å². The Bertz CT molecular complexity index is 439. The summed E-state index contributed by atoms with van der Waals surface area (Å²) in [6.45, 7) is 2.40. The standard InChI is InChI=1S/C13H16FNO2/c1-8-10(13(16)17)6-9(7-11(8)14)12-4-2-3-5-15-12/h6-7,12,15H,2-5H2,1H3,(H,16,17). The molecule has 2 N–H and O–H groups in total. The minimum Gasteiger partial charge on any atom is -0.478 e. The smallest absolute Gasteiger partial charge is 0.336 e. The third kappa shape index (κ3) is 2.47. The predicted molar refractivity (Wildman–Crippen MR) is 62.7 cm³/mol. The highest BCUT2D eigenvalue weighted by Gasteiger charge is 2.19. The zero-order valence-corrected chi connectivity index (χ0v) is 9.79. The van der Waals surface area contributed by atoms with Gasteiger partial charge in [0.25, 0.3) is 0 Å². The molecule has 1 saturated heterocycles. The van der Waals surface area contributed by atoms with Gasteiger partial charge in [0.1, 0.15) is 5.82 Å². The van der Waals surface area contributed by atoms with Gasteiger partial charge in [0, 0.05) is 6.04 Å². The summed E-state index contributed by atoms with van der Waals surface area (Å²) in [4.78, 5) is 11.0. The summed E-state index contributed by atoms with van der Waals surface area (Å²) in [6.07, 6.45) is 3.15. The highest BCUT2D eigenvalue weighted by Crippen LogP contribution is 2.26. The monoisotopic (exact) mass is 237 g/mol. The first-order valence-corrected chi connectivity index (χ1v) is 5.86. The molecule has 1 aliphatic heterocycles. The Morgan fingerprint density at radius 3 is 2.82 bits per heavy atom.